The summed E-state index contributed by atoms with van der Waals surface area (Å²) < 4.78 is 6.81. The van der Waals surface area contributed by atoms with E-state index in [1.807, 2.05) is 4.31 Å². The molecule has 0 aromatic heterocycles. The number of nitrogens with zero attached hydrogens (tertiary/aromatic N) is 2. The summed E-state index contributed by atoms with van der Waals surface area (Å²) in [5, 5.41) is 6.25. The fourth-order valence-electron chi connectivity index (χ4n) is 1.82. The maximum atomic E-state index is 4.85. The summed E-state index contributed by atoms with van der Waals surface area (Å²) in [5.74, 6) is 0. The van der Waals surface area contributed by atoms with E-state index in [-0.39, 0.29) is 0 Å². The molecule has 4 heteroatoms. The minimum Gasteiger partial charge on any atom is -0.298 e. The van der Waals surface area contributed by atoms with Crippen LogP contribution in [0.25, 0.3) is 10.8 Å². The largest absolute Gasteiger partial charge is 0.298 e. The maximum Gasteiger partial charge on any atom is 0.211 e. The number of rotatable bonds is 2. The van der Waals surface area contributed by atoms with E-state index in [9.17, 15) is 0 Å². The van der Waals surface area contributed by atoms with Crippen molar-refractivity contribution in [2.75, 3.05) is 0 Å². The van der Waals surface area contributed by atoms with Crippen LogP contribution < -0.4 is 0 Å². The molecule has 3 nitrogen and oxygen atoms in total. The van der Waals surface area contributed by atoms with Gasteiger partial charge in [0.05, 0.1) is 6.54 Å². The molecule has 0 amide bonds. The van der Waals surface area contributed by atoms with Gasteiger partial charge in [-0.2, -0.15) is 0 Å². The molecule has 2 aromatic rings. The Morgan fingerprint density at radius 2 is 2.00 bits per heavy atom. The first kappa shape index (κ1) is 9.54. The molecule has 0 spiro atoms. The van der Waals surface area contributed by atoms with Gasteiger partial charge in [0, 0.05) is 0 Å². The summed E-state index contributed by atoms with van der Waals surface area (Å²) in [6, 6.07) is 14.7. The second-order valence-corrected chi connectivity index (χ2v) is 4.35. The highest BCUT2D eigenvalue weighted by atomic mass is 32.2. The van der Waals surface area contributed by atoms with Gasteiger partial charge in [-0.05, 0) is 16.3 Å². The van der Waals surface area contributed by atoms with E-state index >= 15 is 0 Å². The van der Waals surface area contributed by atoms with Crippen LogP contribution in [0, 0.1) is 0 Å². The first-order valence-corrected chi connectivity index (χ1v) is 5.74. The lowest BCUT2D eigenvalue weighted by molar-refractivity contribution is 0.414. The zero-order valence-electron chi connectivity index (χ0n) is 8.54. The molecule has 0 bridgehead atoms. The molecular weight excluding hydrogens is 220 g/mol. The third kappa shape index (κ3) is 1.72. The third-order valence-electron chi connectivity index (χ3n) is 2.55. The molecule has 0 saturated carbocycles. The van der Waals surface area contributed by atoms with Crippen LogP contribution >= 0.6 is 12.2 Å². The highest BCUT2D eigenvalue weighted by molar-refractivity contribution is 7.92. The minimum absolute atomic E-state index is 0.801. The standard InChI is InChI=1S/C12H10N2OS/c1-2-7-12-10(4-1)5-3-6-11(12)8-14-9-13-15-16-14/h1-7,9H,8H2. The summed E-state index contributed by atoms with van der Waals surface area (Å²) in [6.45, 7) is 0.801. The lowest BCUT2D eigenvalue weighted by atomic mass is 10.0. The normalized spacial score (nSPS) is 14.4. The Balaban J connectivity index is 1.99. The lowest BCUT2D eigenvalue weighted by Crippen LogP contribution is -2.09. The van der Waals surface area contributed by atoms with Crippen LogP contribution in [0.1, 0.15) is 5.56 Å². The summed E-state index contributed by atoms with van der Waals surface area (Å²) in [5.41, 5.74) is 1.28. The van der Waals surface area contributed by atoms with Crippen LogP contribution in [0.4, 0.5) is 0 Å². The van der Waals surface area contributed by atoms with E-state index < -0.39 is 0 Å². The molecule has 16 heavy (non-hydrogen) atoms. The average molecular weight is 230 g/mol. The summed E-state index contributed by atoms with van der Waals surface area (Å²) in [4.78, 5) is 0. The predicted molar refractivity (Wildman–Crippen MR) is 66.7 cm³/mol. The fourth-order valence-corrected chi connectivity index (χ4v) is 2.25. The van der Waals surface area contributed by atoms with Crippen molar-refractivity contribution in [3.63, 3.8) is 0 Å². The molecule has 0 fully saturated rings. The van der Waals surface area contributed by atoms with E-state index in [2.05, 4.69) is 47.6 Å². The second-order valence-electron chi connectivity index (χ2n) is 3.58. The van der Waals surface area contributed by atoms with Gasteiger partial charge in [-0.15, -0.1) is 0 Å². The highest BCUT2D eigenvalue weighted by Gasteiger charge is 2.11. The van der Waals surface area contributed by atoms with E-state index in [0.29, 0.717) is 0 Å². The Kier molecular flexibility index (Phi) is 2.42. The molecule has 0 unspecified atom stereocenters. The fraction of sp³-hybridized carbons (Fsp3) is 0.0833. The average Bonchev–Trinajstić information content (AvgIpc) is 2.82. The van der Waals surface area contributed by atoms with Gasteiger partial charge in [0.2, 0.25) is 12.2 Å². The summed E-state index contributed by atoms with van der Waals surface area (Å²) >= 11 is 1.26. The van der Waals surface area contributed by atoms with Gasteiger partial charge in [0.15, 0.2) is 0 Å². The van der Waals surface area contributed by atoms with Gasteiger partial charge in [-0.3, -0.25) is 8.59 Å². The van der Waals surface area contributed by atoms with Gasteiger partial charge in [0.1, 0.15) is 6.34 Å². The van der Waals surface area contributed by atoms with Crippen molar-refractivity contribution in [3.05, 3.63) is 48.0 Å². The minimum atomic E-state index is 0.801. The predicted octanol–water partition coefficient (Wildman–Crippen LogP) is 3.18. The third-order valence-corrected chi connectivity index (χ3v) is 3.12. The van der Waals surface area contributed by atoms with Crippen LogP contribution in [0.15, 0.2) is 47.6 Å². The van der Waals surface area contributed by atoms with Crippen molar-refractivity contribution in [2.24, 2.45) is 5.16 Å². The smallest absolute Gasteiger partial charge is 0.211 e. The summed E-state index contributed by atoms with van der Waals surface area (Å²) in [7, 11) is 0. The molecule has 0 N–H and O–H groups in total. The number of hydrogen-bond donors (Lipinski definition) is 0. The van der Waals surface area contributed by atoms with Crippen LogP contribution in [0.3, 0.4) is 0 Å². The Morgan fingerprint density at radius 3 is 2.88 bits per heavy atom. The first-order valence-electron chi connectivity index (χ1n) is 5.04. The van der Waals surface area contributed by atoms with Crippen LogP contribution in [0.5, 0.6) is 0 Å². The van der Waals surface area contributed by atoms with Gasteiger partial charge >= 0.3 is 0 Å². The van der Waals surface area contributed by atoms with Crippen molar-refractivity contribution in [3.8, 4) is 0 Å². The van der Waals surface area contributed by atoms with Gasteiger partial charge < -0.3 is 0 Å². The molecule has 0 radical (unpaired) electrons. The Morgan fingerprint density at radius 1 is 1.12 bits per heavy atom. The monoisotopic (exact) mass is 230 g/mol. The van der Waals surface area contributed by atoms with Gasteiger partial charge in [0.25, 0.3) is 0 Å². The van der Waals surface area contributed by atoms with Crippen LogP contribution in [-0.4, -0.2) is 10.6 Å². The number of fused-ring (bicyclic) bond motifs is 1. The molecule has 0 aliphatic carbocycles. The van der Waals surface area contributed by atoms with Crippen molar-refractivity contribution in [1.29, 1.82) is 0 Å². The quantitative estimate of drug-likeness (QED) is 0.585. The van der Waals surface area contributed by atoms with E-state index in [4.69, 9.17) is 4.28 Å². The molecule has 2 aromatic carbocycles. The van der Waals surface area contributed by atoms with Crippen LogP contribution in [-0.2, 0) is 10.8 Å². The van der Waals surface area contributed by atoms with E-state index in [1.165, 1.54) is 28.6 Å². The lowest BCUT2D eigenvalue weighted by Gasteiger charge is -2.11. The van der Waals surface area contributed by atoms with Gasteiger partial charge in [-0.1, -0.05) is 47.6 Å². The Labute approximate surface area is 98.0 Å². The number of hydrogen-bond acceptors (Lipinski definition) is 4. The molecule has 3 rings (SSSR count). The zero-order chi connectivity index (χ0) is 10.8. The van der Waals surface area contributed by atoms with E-state index in [0.717, 1.165) is 6.54 Å². The molecule has 80 valence electrons. The van der Waals surface area contributed by atoms with Crippen molar-refractivity contribution in [1.82, 2.24) is 4.31 Å². The Bertz CT molecular complexity index is 536. The van der Waals surface area contributed by atoms with Crippen molar-refractivity contribution >= 4 is 29.3 Å². The SMILES string of the molecule is C1=NOSN1Cc1cccc2ccccc12. The molecule has 1 aliphatic heterocycles. The Hall–Kier alpha value is -1.68. The highest BCUT2D eigenvalue weighted by Crippen LogP contribution is 2.24. The number of oxime groups is 1. The summed E-state index contributed by atoms with van der Waals surface area (Å²) in [6.07, 6.45) is 1.70. The zero-order valence-corrected chi connectivity index (χ0v) is 9.35. The number of benzene rings is 2. The first-order chi connectivity index (χ1) is 7.93. The molecule has 1 aliphatic rings. The van der Waals surface area contributed by atoms with Crippen molar-refractivity contribution < 1.29 is 4.28 Å². The molecule has 1 heterocycles. The topological polar surface area (TPSA) is 24.8 Å². The molecular formula is C12H10N2OS. The maximum absolute atomic E-state index is 4.85. The van der Waals surface area contributed by atoms with Crippen molar-refractivity contribution in [2.45, 2.75) is 6.54 Å². The molecule has 0 atom stereocenters. The van der Waals surface area contributed by atoms with Crippen LogP contribution in [0.2, 0.25) is 0 Å². The van der Waals surface area contributed by atoms with Gasteiger partial charge in [-0.25, -0.2) is 0 Å². The van der Waals surface area contributed by atoms with E-state index in [1.54, 1.807) is 6.34 Å². The second kappa shape index (κ2) is 4.06. The molecule has 0 saturated heterocycles.